The number of hydrogen-bond acceptors (Lipinski definition) is 4. The number of pyridine rings is 1. The molecule has 0 aliphatic carbocycles. The van der Waals surface area contributed by atoms with E-state index >= 15 is 0 Å². The molecule has 4 aromatic rings. The number of thioether (sulfide) groups is 1. The van der Waals surface area contributed by atoms with Crippen molar-refractivity contribution in [3.8, 4) is 5.69 Å². The topological polar surface area (TPSA) is 67.8 Å². The highest BCUT2D eigenvalue weighted by molar-refractivity contribution is 7.98. The van der Waals surface area contributed by atoms with Gasteiger partial charge in [0.1, 0.15) is 0 Å². The van der Waals surface area contributed by atoms with E-state index in [0.29, 0.717) is 5.69 Å². The highest BCUT2D eigenvalue weighted by atomic mass is 35.5. The lowest BCUT2D eigenvalue weighted by Gasteiger charge is -2.10. The lowest BCUT2D eigenvalue weighted by Crippen LogP contribution is -2.30. The Balaban J connectivity index is 1.71. The summed E-state index contributed by atoms with van der Waals surface area (Å²) in [6.07, 6.45) is 0. The summed E-state index contributed by atoms with van der Waals surface area (Å²) in [4.78, 5) is 31.5. The van der Waals surface area contributed by atoms with Crippen molar-refractivity contribution in [2.24, 2.45) is 0 Å². The summed E-state index contributed by atoms with van der Waals surface area (Å²) in [7, 11) is 0. The highest BCUT2D eigenvalue weighted by Crippen LogP contribution is 2.24. The van der Waals surface area contributed by atoms with Crippen molar-refractivity contribution in [2.75, 3.05) is 0 Å². The van der Waals surface area contributed by atoms with Crippen LogP contribution in [0.15, 0.2) is 75.1 Å². The van der Waals surface area contributed by atoms with Crippen molar-refractivity contribution in [1.29, 1.82) is 0 Å². The quantitative estimate of drug-likeness (QED) is 0.403. The number of hydrogen-bond donors (Lipinski definition) is 1. The van der Waals surface area contributed by atoms with Gasteiger partial charge in [0, 0.05) is 10.6 Å². The predicted molar refractivity (Wildman–Crippen MR) is 109 cm³/mol. The van der Waals surface area contributed by atoms with E-state index < -0.39 is 22.2 Å². The van der Waals surface area contributed by atoms with Crippen molar-refractivity contribution in [2.45, 2.75) is 10.6 Å². The first kappa shape index (κ1) is 18.5. The molecular formula is C20H13ClFN3O2S. The van der Waals surface area contributed by atoms with E-state index in [1.807, 2.05) is 30.3 Å². The van der Waals surface area contributed by atoms with E-state index in [-0.39, 0.29) is 11.0 Å². The van der Waals surface area contributed by atoms with Crippen molar-refractivity contribution < 1.29 is 4.39 Å². The molecule has 28 heavy (non-hydrogen) atoms. The van der Waals surface area contributed by atoms with E-state index in [0.717, 1.165) is 16.7 Å². The summed E-state index contributed by atoms with van der Waals surface area (Å²) >= 11 is 7.42. The summed E-state index contributed by atoms with van der Waals surface area (Å²) in [6.45, 7) is 0. The molecule has 5 nitrogen and oxygen atoms in total. The largest absolute Gasteiger partial charge is 0.334 e. The normalized spacial score (nSPS) is 11.1. The third-order valence-corrected chi connectivity index (χ3v) is 5.48. The maximum atomic E-state index is 13.7. The number of aromatic nitrogens is 3. The molecule has 0 bridgehead atoms. The first-order chi connectivity index (χ1) is 13.5. The Hall–Kier alpha value is -2.90. The molecule has 2 heterocycles. The number of nitrogens with one attached hydrogen (secondary N) is 1. The monoisotopic (exact) mass is 413 g/mol. The number of fused-ring (bicyclic) bond motifs is 1. The van der Waals surface area contributed by atoms with Gasteiger partial charge in [-0.2, -0.15) is 0 Å². The molecule has 0 aliphatic rings. The number of H-pyrrole nitrogens is 1. The molecule has 0 radical (unpaired) electrons. The Morgan fingerprint density at radius 2 is 1.79 bits per heavy atom. The van der Waals surface area contributed by atoms with Gasteiger partial charge in [0.2, 0.25) is 0 Å². The fraction of sp³-hybridized carbons (Fsp3) is 0.0500. The molecule has 0 atom stereocenters. The average molecular weight is 414 g/mol. The van der Waals surface area contributed by atoms with E-state index in [1.54, 1.807) is 23.9 Å². The molecule has 1 N–H and O–H groups in total. The first-order valence-corrected chi connectivity index (χ1v) is 9.67. The second-order valence-electron chi connectivity index (χ2n) is 6.00. The number of benzene rings is 2. The number of rotatable bonds is 4. The molecule has 0 saturated carbocycles. The minimum absolute atomic E-state index is 0.00448. The van der Waals surface area contributed by atoms with E-state index in [9.17, 15) is 14.0 Å². The third-order valence-electron chi connectivity index (χ3n) is 4.14. The Morgan fingerprint density at radius 3 is 2.50 bits per heavy atom. The van der Waals surface area contributed by atoms with Crippen LogP contribution >= 0.6 is 23.4 Å². The Kier molecular flexibility index (Phi) is 5.02. The fourth-order valence-corrected chi connectivity index (χ4v) is 3.77. The SMILES string of the molecule is O=c1[nH]c(=O)n(-c2ccc(SCc3ccccc3)cc2)c2nc(Cl)c(F)cc12. The van der Waals surface area contributed by atoms with E-state index in [2.05, 4.69) is 22.1 Å². The van der Waals surface area contributed by atoms with E-state index in [1.165, 1.54) is 10.1 Å². The Morgan fingerprint density at radius 1 is 1.07 bits per heavy atom. The molecule has 2 aromatic heterocycles. The molecule has 0 fully saturated rings. The molecule has 8 heteroatoms. The average Bonchev–Trinajstić information content (AvgIpc) is 2.70. The Bertz CT molecular complexity index is 1270. The van der Waals surface area contributed by atoms with Crippen molar-refractivity contribution in [3.05, 3.63) is 98.0 Å². The molecule has 0 amide bonds. The minimum atomic E-state index is -0.822. The first-order valence-electron chi connectivity index (χ1n) is 8.31. The lowest BCUT2D eigenvalue weighted by atomic mass is 10.2. The summed E-state index contributed by atoms with van der Waals surface area (Å²) in [6, 6.07) is 18.3. The highest BCUT2D eigenvalue weighted by Gasteiger charge is 2.14. The lowest BCUT2D eigenvalue weighted by molar-refractivity contribution is 0.623. The van der Waals surface area contributed by atoms with Crippen LogP contribution in [0.1, 0.15) is 5.56 Å². The summed E-state index contributed by atoms with van der Waals surface area (Å²) in [5, 5.41) is -0.453. The summed E-state index contributed by atoms with van der Waals surface area (Å²) < 4.78 is 14.9. The Labute approximate surface area is 167 Å². The zero-order valence-corrected chi connectivity index (χ0v) is 15.9. The van der Waals surface area contributed by atoms with Gasteiger partial charge in [-0.25, -0.2) is 18.7 Å². The zero-order valence-electron chi connectivity index (χ0n) is 14.4. The standard InChI is InChI=1S/C20H13ClFN3O2S/c21-17-16(22)10-15-18(23-17)25(20(27)24-19(15)26)13-6-8-14(9-7-13)28-11-12-4-2-1-3-5-12/h1-10H,11H2,(H,24,26,27). The van der Waals surface area contributed by atoms with Gasteiger partial charge in [0.15, 0.2) is 16.6 Å². The van der Waals surface area contributed by atoms with Gasteiger partial charge in [0.25, 0.3) is 5.56 Å². The van der Waals surface area contributed by atoms with Gasteiger partial charge in [-0.3, -0.25) is 9.78 Å². The maximum absolute atomic E-state index is 13.7. The molecule has 0 aliphatic heterocycles. The van der Waals surface area contributed by atoms with Crippen molar-refractivity contribution >= 4 is 34.4 Å². The van der Waals surface area contributed by atoms with Crippen LogP contribution < -0.4 is 11.2 Å². The van der Waals surface area contributed by atoms with Crippen LogP contribution in [0.2, 0.25) is 5.15 Å². The van der Waals surface area contributed by atoms with Crippen LogP contribution in [0.3, 0.4) is 0 Å². The second-order valence-corrected chi connectivity index (χ2v) is 7.40. The van der Waals surface area contributed by atoms with Gasteiger partial charge in [-0.15, -0.1) is 11.8 Å². The maximum Gasteiger partial charge on any atom is 0.334 e. The van der Waals surface area contributed by atoms with Crippen LogP contribution in [-0.2, 0) is 5.75 Å². The molecule has 0 unspecified atom stereocenters. The van der Waals surface area contributed by atoms with Gasteiger partial charge < -0.3 is 0 Å². The number of nitrogens with zero attached hydrogens (tertiary/aromatic N) is 2. The second kappa shape index (κ2) is 7.61. The fourth-order valence-electron chi connectivity index (χ4n) is 2.78. The third kappa shape index (κ3) is 3.58. The molecule has 2 aromatic carbocycles. The molecule has 0 saturated heterocycles. The van der Waals surface area contributed by atoms with Crippen LogP contribution in [-0.4, -0.2) is 14.5 Å². The molecule has 4 rings (SSSR count). The van der Waals surface area contributed by atoms with Crippen LogP contribution in [0.25, 0.3) is 16.7 Å². The zero-order chi connectivity index (χ0) is 19.7. The smallest absolute Gasteiger partial charge is 0.273 e. The summed E-state index contributed by atoms with van der Waals surface area (Å²) in [5.41, 5.74) is 0.322. The minimum Gasteiger partial charge on any atom is -0.273 e. The number of aromatic amines is 1. The summed E-state index contributed by atoms with van der Waals surface area (Å²) in [5.74, 6) is -0.00411. The van der Waals surface area contributed by atoms with Crippen molar-refractivity contribution in [3.63, 3.8) is 0 Å². The molecular weight excluding hydrogens is 401 g/mol. The van der Waals surface area contributed by atoms with Gasteiger partial charge in [0.05, 0.1) is 11.1 Å². The molecule has 140 valence electrons. The van der Waals surface area contributed by atoms with Crippen molar-refractivity contribution in [1.82, 2.24) is 14.5 Å². The van der Waals surface area contributed by atoms with Crippen LogP contribution in [0, 0.1) is 5.82 Å². The van der Waals surface area contributed by atoms with Crippen LogP contribution in [0.5, 0.6) is 0 Å². The van der Waals surface area contributed by atoms with Gasteiger partial charge >= 0.3 is 5.69 Å². The van der Waals surface area contributed by atoms with E-state index in [4.69, 9.17) is 11.6 Å². The number of halogens is 2. The molecule has 0 spiro atoms. The van der Waals surface area contributed by atoms with Crippen LogP contribution in [0.4, 0.5) is 4.39 Å². The predicted octanol–water partition coefficient (Wildman–Crippen LogP) is 4.16. The van der Waals surface area contributed by atoms with Gasteiger partial charge in [-0.05, 0) is 35.9 Å². The van der Waals surface area contributed by atoms with Gasteiger partial charge in [-0.1, -0.05) is 41.9 Å².